The first-order valence-electron chi connectivity index (χ1n) is 11.5. The Kier molecular flexibility index (Phi) is 9.81. The van der Waals surface area contributed by atoms with Crippen LogP contribution in [-0.2, 0) is 14.4 Å². The number of hydrogen-bond donors (Lipinski definition) is 3. The molecule has 11 heteroatoms. The number of ether oxygens (including phenoxy) is 1. The van der Waals surface area contributed by atoms with Gasteiger partial charge in [-0.2, -0.15) is 0 Å². The Morgan fingerprint density at radius 1 is 1.03 bits per heavy atom. The van der Waals surface area contributed by atoms with Crippen molar-refractivity contribution < 1.29 is 28.7 Å². The van der Waals surface area contributed by atoms with Gasteiger partial charge in [0.2, 0.25) is 11.8 Å². The SMILES string of the molecule is O=C(COc1cccc2c1C(=O)N(C1CCC(=O)NC1=O)C2=O)NCCCCCCCCNI. The van der Waals surface area contributed by atoms with Crippen molar-refractivity contribution in [3.05, 3.63) is 29.3 Å². The van der Waals surface area contributed by atoms with E-state index in [2.05, 4.69) is 37.0 Å². The van der Waals surface area contributed by atoms with Gasteiger partial charge in [0, 0.05) is 42.4 Å². The van der Waals surface area contributed by atoms with E-state index in [1.165, 1.54) is 31.4 Å². The lowest BCUT2D eigenvalue weighted by Gasteiger charge is -2.27. The number of piperidine rings is 1. The molecule has 2 aliphatic heterocycles. The fraction of sp³-hybridized carbons (Fsp3) is 0.522. The second-order valence-electron chi connectivity index (χ2n) is 8.27. The molecule has 1 saturated heterocycles. The molecule has 0 saturated carbocycles. The Morgan fingerprint density at radius 3 is 2.44 bits per heavy atom. The minimum Gasteiger partial charge on any atom is -0.483 e. The van der Waals surface area contributed by atoms with Gasteiger partial charge in [-0.05, 0) is 31.4 Å². The minimum absolute atomic E-state index is 0.0303. The Bertz CT molecular complexity index is 953. The smallest absolute Gasteiger partial charge is 0.266 e. The summed E-state index contributed by atoms with van der Waals surface area (Å²) in [6, 6.07) is 3.50. The number of hydrogen-bond acceptors (Lipinski definition) is 7. The molecule has 0 aliphatic carbocycles. The van der Waals surface area contributed by atoms with Crippen LogP contribution in [-0.4, -0.2) is 60.2 Å². The van der Waals surface area contributed by atoms with Gasteiger partial charge in [-0.1, -0.05) is 31.7 Å². The molecule has 3 rings (SSSR count). The van der Waals surface area contributed by atoms with Crippen molar-refractivity contribution in [2.45, 2.75) is 57.4 Å². The third kappa shape index (κ3) is 6.53. The summed E-state index contributed by atoms with van der Waals surface area (Å²) >= 11 is 2.15. The number of carbonyl (C=O) groups is 5. The largest absolute Gasteiger partial charge is 0.483 e. The zero-order chi connectivity index (χ0) is 24.5. The third-order valence-corrected chi connectivity index (χ3v) is 6.35. The van der Waals surface area contributed by atoms with E-state index in [0.29, 0.717) is 6.54 Å². The van der Waals surface area contributed by atoms with E-state index in [1.54, 1.807) is 6.07 Å². The van der Waals surface area contributed by atoms with Crippen molar-refractivity contribution in [1.82, 2.24) is 19.1 Å². The third-order valence-electron chi connectivity index (χ3n) is 5.81. The minimum atomic E-state index is -1.05. The molecular weight excluding hydrogens is 555 g/mol. The van der Waals surface area contributed by atoms with Gasteiger partial charge < -0.3 is 10.1 Å². The lowest BCUT2D eigenvalue weighted by molar-refractivity contribution is -0.136. The maximum absolute atomic E-state index is 13.0. The first-order chi connectivity index (χ1) is 16.4. The van der Waals surface area contributed by atoms with Crippen LogP contribution in [0.2, 0.25) is 0 Å². The number of fused-ring (bicyclic) bond motifs is 1. The molecule has 2 aliphatic rings. The molecule has 1 aromatic carbocycles. The lowest BCUT2D eigenvalue weighted by Crippen LogP contribution is -2.54. The predicted octanol–water partition coefficient (Wildman–Crippen LogP) is 1.86. The summed E-state index contributed by atoms with van der Waals surface area (Å²) in [5, 5.41) is 4.96. The van der Waals surface area contributed by atoms with Gasteiger partial charge in [0.25, 0.3) is 17.7 Å². The lowest BCUT2D eigenvalue weighted by atomic mass is 10.0. The normalized spacial score (nSPS) is 17.6. The number of unbranched alkanes of at least 4 members (excludes halogenated alkanes) is 5. The van der Waals surface area contributed by atoms with Crippen molar-refractivity contribution in [3.8, 4) is 5.75 Å². The summed E-state index contributed by atoms with van der Waals surface area (Å²) in [6.07, 6.45) is 6.70. The zero-order valence-electron chi connectivity index (χ0n) is 18.9. The number of rotatable bonds is 13. The van der Waals surface area contributed by atoms with Gasteiger partial charge >= 0.3 is 0 Å². The summed E-state index contributed by atoms with van der Waals surface area (Å²) in [6.45, 7) is 1.28. The fourth-order valence-electron chi connectivity index (χ4n) is 4.05. The highest BCUT2D eigenvalue weighted by Gasteiger charge is 2.46. The Morgan fingerprint density at radius 2 is 1.74 bits per heavy atom. The van der Waals surface area contributed by atoms with Gasteiger partial charge in [-0.15, -0.1) is 0 Å². The number of halogens is 1. The van der Waals surface area contributed by atoms with Crippen LogP contribution in [0, 0.1) is 0 Å². The number of nitrogens with one attached hydrogen (secondary N) is 3. The first-order valence-corrected chi connectivity index (χ1v) is 12.6. The van der Waals surface area contributed by atoms with Crippen LogP contribution in [0.4, 0.5) is 0 Å². The molecule has 0 radical (unpaired) electrons. The van der Waals surface area contributed by atoms with Crippen LogP contribution in [0.25, 0.3) is 0 Å². The van der Waals surface area contributed by atoms with E-state index >= 15 is 0 Å². The van der Waals surface area contributed by atoms with Gasteiger partial charge in [0.15, 0.2) is 6.61 Å². The molecule has 1 fully saturated rings. The zero-order valence-corrected chi connectivity index (χ0v) is 21.0. The van der Waals surface area contributed by atoms with Crippen LogP contribution >= 0.6 is 22.9 Å². The highest BCUT2D eigenvalue weighted by molar-refractivity contribution is 14.1. The van der Waals surface area contributed by atoms with Gasteiger partial charge in [0.05, 0.1) is 11.1 Å². The van der Waals surface area contributed by atoms with Gasteiger partial charge in [-0.25, -0.2) is 0 Å². The van der Waals surface area contributed by atoms with E-state index in [-0.39, 0.29) is 42.2 Å². The number of amides is 5. The summed E-state index contributed by atoms with van der Waals surface area (Å²) in [7, 11) is 0. The quantitative estimate of drug-likeness (QED) is 0.140. The summed E-state index contributed by atoms with van der Waals surface area (Å²) in [5.41, 5.74) is 0.143. The molecule has 5 amide bonds. The standard InChI is InChI=1S/C23H29IN4O6/c24-26-13-6-4-2-1-3-5-12-25-19(30)14-34-17-9-7-8-15-20(17)23(33)28(22(15)32)16-10-11-18(29)27-21(16)31/h7-9,16,26H,1-6,10-14H2,(H,25,30)(H,27,29,31). The molecule has 1 aromatic rings. The highest BCUT2D eigenvalue weighted by Crippen LogP contribution is 2.33. The van der Waals surface area contributed by atoms with E-state index in [0.717, 1.165) is 30.7 Å². The van der Waals surface area contributed by atoms with Crippen LogP contribution < -0.4 is 18.9 Å². The molecule has 0 aromatic heterocycles. The molecular formula is C23H29IN4O6. The topological polar surface area (TPSA) is 134 Å². The number of imide groups is 2. The average molecular weight is 584 g/mol. The maximum atomic E-state index is 13.0. The number of nitrogens with zero attached hydrogens (tertiary/aromatic N) is 1. The fourth-order valence-corrected chi connectivity index (χ4v) is 4.43. The average Bonchev–Trinajstić information content (AvgIpc) is 3.07. The van der Waals surface area contributed by atoms with Gasteiger partial charge in [-0.3, -0.25) is 37.7 Å². The first kappa shape index (κ1) is 26.1. The second kappa shape index (κ2) is 12.8. The molecule has 184 valence electrons. The second-order valence-corrected chi connectivity index (χ2v) is 9.03. The summed E-state index contributed by atoms with van der Waals surface area (Å²) < 4.78 is 8.67. The van der Waals surface area contributed by atoms with Crippen molar-refractivity contribution in [1.29, 1.82) is 0 Å². The molecule has 0 spiro atoms. The molecule has 1 atom stereocenters. The van der Waals surface area contributed by atoms with E-state index in [4.69, 9.17) is 4.74 Å². The maximum Gasteiger partial charge on any atom is 0.266 e. The van der Waals surface area contributed by atoms with E-state index in [9.17, 15) is 24.0 Å². The van der Waals surface area contributed by atoms with E-state index in [1.807, 2.05) is 0 Å². The number of carbonyl (C=O) groups excluding carboxylic acids is 5. The Balaban J connectivity index is 1.48. The molecule has 0 bridgehead atoms. The van der Waals surface area contributed by atoms with Crippen molar-refractivity contribution in [3.63, 3.8) is 0 Å². The molecule has 3 N–H and O–H groups in total. The van der Waals surface area contributed by atoms with Crippen molar-refractivity contribution >= 4 is 52.4 Å². The number of benzene rings is 1. The van der Waals surface area contributed by atoms with Crippen LogP contribution in [0.15, 0.2) is 18.2 Å². The highest BCUT2D eigenvalue weighted by atomic mass is 127. The molecule has 10 nitrogen and oxygen atoms in total. The van der Waals surface area contributed by atoms with Crippen molar-refractivity contribution in [2.75, 3.05) is 19.7 Å². The van der Waals surface area contributed by atoms with Crippen molar-refractivity contribution in [2.24, 2.45) is 0 Å². The van der Waals surface area contributed by atoms with E-state index < -0.39 is 29.7 Å². The van der Waals surface area contributed by atoms with Crippen LogP contribution in [0.1, 0.15) is 72.1 Å². The van der Waals surface area contributed by atoms with Gasteiger partial charge in [0.1, 0.15) is 11.8 Å². The molecule has 34 heavy (non-hydrogen) atoms. The Hall–Kier alpha value is -2.54. The monoisotopic (exact) mass is 584 g/mol. The molecule has 2 heterocycles. The summed E-state index contributed by atoms with van der Waals surface area (Å²) in [5.74, 6) is -2.59. The predicted molar refractivity (Wildman–Crippen MR) is 131 cm³/mol. The van der Waals surface area contributed by atoms with Crippen LogP contribution in [0.3, 0.4) is 0 Å². The Labute approximate surface area is 212 Å². The van der Waals surface area contributed by atoms with Crippen LogP contribution in [0.5, 0.6) is 5.75 Å². The molecule has 1 unspecified atom stereocenters. The summed E-state index contributed by atoms with van der Waals surface area (Å²) in [4.78, 5) is 62.5.